The maximum Gasteiger partial charge on any atom is 0.337 e. The number of esters is 1. The number of nitrogens with zero attached hydrogens (tertiary/aromatic N) is 2. The van der Waals surface area contributed by atoms with Gasteiger partial charge in [-0.3, -0.25) is 9.36 Å². The van der Waals surface area contributed by atoms with Gasteiger partial charge in [0, 0.05) is 6.20 Å². The molecule has 4 aromatic rings. The van der Waals surface area contributed by atoms with E-state index in [1.165, 1.54) is 36.3 Å². The maximum atomic E-state index is 14.0. The van der Waals surface area contributed by atoms with E-state index in [9.17, 15) is 9.59 Å². The fraction of sp³-hybridized carbons (Fsp3) is 0.242. The van der Waals surface area contributed by atoms with Crippen molar-refractivity contribution < 1.29 is 28.5 Å². The van der Waals surface area contributed by atoms with Crippen molar-refractivity contribution in [2.45, 2.75) is 26.5 Å². The lowest BCUT2D eigenvalue weighted by atomic mass is 9.97. The molecule has 11 heteroatoms. The maximum absolute atomic E-state index is 14.0. The smallest absolute Gasteiger partial charge is 0.337 e. The second kappa shape index (κ2) is 13.8. The summed E-state index contributed by atoms with van der Waals surface area (Å²) in [6.45, 7) is 4.93. The van der Waals surface area contributed by atoms with Crippen molar-refractivity contribution in [3.63, 3.8) is 0 Å². The van der Waals surface area contributed by atoms with Gasteiger partial charge in [0.15, 0.2) is 27.8 Å². The molecule has 0 unspecified atom stereocenters. The van der Waals surface area contributed by atoms with Crippen LogP contribution < -0.4 is 33.8 Å². The number of hydrogen-bond donors (Lipinski definition) is 0. The van der Waals surface area contributed by atoms with Gasteiger partial charge in [0.25, 0.3) is 5.56 Å². The number of benzene rings is 3. The van der Waals surface area contributed by atoms with E-state index < -0.39 is 12.0 Å². The lowest BCUT2D eigenvalue weighted by Gasteiger charge is -2.23. The first-order valence-corrected chi connectivity index (χ1v) is 15.1. The number of methoxy groups -OCH3 is 2. The van der Waals surface area contributed by atoms with E-state index in [0.29, 0.717) is 68.3 Å². The summed E-state index contributed by atoms with van der Waals surface area (Å²) in [5.41, 5.74) is 2.13. The Bertz CT molecular complexity index is 1880. The Kier molecular flexibility index (Phi) is 9.72. The minimum Gasteiger partial charge on any atom is -0.493 e. The molecule has 2 heterocycles. The number of aromatic nitrogens is 1. The average molecular weight is 635 g/mol. The van der Waals surface area contributed by atoms with Crippen molar-refractivity contribution in [2.24, 2.45) is 4.99 Å². The van der Waals surface area contributed by atoms with Crippen molar-refractivity contribution in [3.8, 4) is 23.0 Å². The van der Waals surface area contributed by atoms with Crippen LogP contribution >= 0.6 is 22.9 Å². The van der Waals surface area contributed by atoms with Gasteiger partial charge in [-0.2, -0.15) is 0 Å². The summed E-state index contributed by atoms with van der Waals surface area (Å²) in [7, 11) is 2.82. The fourth-order valence-electron chi connectivity index (χ4n) is 4.83. The zero-order chi connectivity index (χ0) is 31.2. The molecule has 0 spiro atoms. The monoisotopic (exact) mass is 634 g/mol. The number of halogens is 1. The van der Waals surface area contributed by atoms with Crippen LogP contribution in [-0.4, -0.2) is 38.0 Å². The fourth-order valence-corrected chi connectivity index (χ4v) is 6.07. The van der Waals surface area contributed by atoms with Crippen LogP contribution in [0.4, 0.5) is 0 Å². The van der Waals surface area contributed by atoms with E-state index >= 15 is 0 Å². The van der Waals surface area contributed by atoms with E-state index in [0.717, 1.165) is 5.56 Å². The number of carbonyl (C=O) groups is 1. The van der Waals surface area contributed by atoms with Crippen LogP contribution in [0.5, 0.6) is 23.0 Å². The first-order chi connectivity index (χ1) is 21.4. The molecule has 0 aliphatic carbocycles. The molecule has 5 rings (SSSR count). The zero-order valence-electron chi connectivity index (χ0n) is 24.7. The van der Waals surface area contributed by atoms with E-state index in [4.69, 9.17) is 35.3 Å². The Balaban J connectivity index is 1.57. The summed E-state index contributed by atoms with van der Waals surface area (Å²) >= 11 is 7.82. The molecule has 3 aromatic carbocycles. The summed E-state index contributed by atoms with van der Waals surface area (Å²) in [4.78, 5) is 31.7. The standard InChI is InChI=1S/C33H31ClN2O7S/c1-5-41-25-13-12-22(17-26(25)42-6-2)29-23(32(38)40-4)18-35-33-36(29)31(37)28(44-33)16-21-14-24(34)30(27(15-21)39-3)43-19-20-10-8-7-9-11-20/h7-18,29H,5-6,19H2,1-4H3/b28-16-/t29-/m1/s1. The molecule has 1 aliphatic heterocycles. The minimum atomic E-state index is -0.803. The number of hydrogen-bond acceptors (Lipinski definition) is 9. The van der Waals surface area contributed by atoms with Crippen LogP contribution in [0.1, 0.15) is 36.6 Å². The lowest BCUT2D eigenvalue weighted by molar-refractivity contribution is -0.136. The molecule has 1 aromatic heterocycles. The molecule has 44 heavy (non-hydrogen) atoms. The van der Waals surface area contributed by atoms with E-state index in [1.54, 1.807) is 36.4 Å². The number of carbonyl (C=O) groups excluding carboxylic acids is 1. The van der Waals surface area contributed by atoms with Crippen LogP contribution in [0, 0.1) is 0 Å². The molecule has 0 fully saturated rings. The molecule has 0 amide bonds. The summed E-state index contributed by atoms with van der Waals surface area (Å²) < 4.78 is 30.0. The quantitative estimate of drug-likeness (QED) is 0.213. The second-order valence-electron chi connectivity index (χ2n) is 9.56. The lowest BCUT2D eigenvalue weighted by Crippen LogP contribution is -2.39. The molecule has 9 nitrogen and oxygen atoms in total. The Labute approximate surface area is 263 Å². The van der Waals surface area contributed by atoms with Gasteiger partial charge < -0.3 is 23.7 Å². The van der Waals surface area contributed by atoms with Crippen molar-refractivity contribution in [2.75, 3.05) is 27.4 Å². The van der Waals surface area contributed by atoms with Gasteiger partial charge in [0.05, 0.1) is 48.6 Å². The first kappa shape index (κ1) is 30.9. The first-order valence-electron chi connectivity index (χ1n) is 13.9. The highest BCUT2D eigenvalue weighted by atomic mass is 35.5. The van der Waals surface area contributed by atoms with Crippen molar-refractivity contribution in [3.05, 3.63) is 114 Å². The number of fused-ring (bicyclic) bond motifs is 1. The summed E-state index contributed by atoms with van der Waals surface area (Å²) in [5.74, 6) is 1.31. The molecule has 228 valence electrons. The van der Waals surface area contributed by atoms with Gasteiger partial charge in [0.1, 0.15) is 6.61 Å². The van der Waals surface area contributed by atoms with Crippen molar-refractivity contribution >= 4 is 35.0 Å². The van der Waals surface area contributed by atoms with Gasteiger partial charge in [-0.25, -0.2) is 9.79 Å². The summed E-state index contributed by atoms with van der Waals surface area (Å²) in [6, 6.07) is 17.7. The molecule has 0 saturated carbocycles. The van der Waals surface area contributed by atoms with Crippen molar-refractivity contribution in [1.29, 1.82) is 0 Å². The Morgan fingerprint density at radius 2 is 1.73 bits per heavy atom. The van der Waals surface area contributed by atoms with Gasteiger partial charge >= 0.3 is 5.97 Å². The Morgan fingerprint density at radius 1 is 0.977 bits per heavy atom. The number of ether oxygens (including phenoxy) is 5. The third-order valence-electron chi connectivity index (χ3n) is 6.78. The number of thiazole rings is 1. The minimum absolute atomic E-state index is 0.211. The third-order valence-corrected chi connectivity index (χ3v) is 8.06. The third kappa shape index (κ3) is 6.36. The zero-order valence-corrected chi connectivity index (χ0v) is 26.2. The van der Waals surface area contributed by atoms with Gasteiger partial charge in [-0.1, -0.05) is 59.3 Å². The Morgan fingerprint density at radius 3 is 2.43 bits per heavy atom. The van der Waals surface area contributed by atoms with Crippen LogP contribution in [0.2, 0.25) is 5.02 Å². The number of rotatable bonds is 11. The van der Waals surface area contributed by atoms with Crippen LogP contribution in [0.25, 0.3) is 6.08 Å². The normalized spacial score (nSPS) is 14.2. The summed E-state index contributed by atoms with van der Waals surface area (Å²) in [6.07, 6.45) is 3.16. The van der Waals surface area contributed by atoms with Crippen LogP contribution in [0.3, 0.4) is 0 Å². The molecule has 0 N–H and O–H groups in total. The summed E-state index contributed by atoms with van der Waals surface area (Å²) in [5, 5.41) is 0.336. The molecule has 0 radical (unpaired) electrons. The molecule has 1 aliphatic rings. The molecule has 1 atom stereocenters. The highest BCUT2D eigenvalue weighted by Gasteiger charge is 2.31. The SMILES string of the molecule is CCOc1ccc([C@@H]2C(C(=O)OC)=CN=c3s/c(=C\c4cc(Cl)c(OCc5ccccc5)c(OC)c4)c(=O)n32)cc1OCC. The highest BCUT2D eigenvalue weighted by molar-refractivity contribution is 7.07. The van der Waals surface area contributed by atoms with E-state index in [2.05, 4.69) is 4.99 Å². The van der Waals surface area contributed by atoms with Crippen LogP contribution in [-0.2, 0) is 16.1 Å². The second-order valence-corrected chi connectivity index (χ2v) is 11.0. The molecule has 0 bridgehead atoms. The average Bonchev–Trinajstić information content (AvgIpc) is 3.35. The van der Waals surface area contributed by atoms with Gasteiger partial charge in [-0.05, 0) is 60.9 Å². The van der Waals surface area contributed by atoms with E-state index in [-0.39, 0.29) is 11.1 Å². The molecular formula is C33H31ClN2O7S. The largest absolute Gasteiger partial charge is 0.493 e. The Hall–Kier alpha value is -4.54. The molecular weight excluding hydrogens is 604 g/mol. The highest BCUT2D eigenvalue weighted by Crippen LogP contribution is 2.38. The van der Waals surface area contributed by atoms with Gasteiger partial charge in [-0.15, -0.1) is 0 Å². The molecule has 0 saturated heterocycles. The van der Waals surface area contributed by atoms with Crippen molar-refractivity contribution in [1.82, 2.24) is 4.57 Å². The predicted molar refractivity (Wildman–Crippen MR) is 169 cm³/mol. The van der Waals surface area contributed by atoms with Gasteiger partial charge in [0.2, 0.25) is 0 Å². The topological polar surface area (TPSA) is 97.6 Å². The van der Waals surface area contributed by atoms with E-state index in [1.807, 2.05) is 44.2 Å². The van der Waals surface area contributed by atoms with Crippen LogP contribution in [0.15, 0.2) is 82.2 Å². The predicted octanol–water partition coefficient (Wildman–Crippen LogP) is 5.06.